The third kappa shape index (κ3) is 2.22. The maximum Gasteiger partial charge on any atom is 0.466 e. The molecule has 66 valence electrons. The van der Waals surface area contributed by atoms with Crippen LogP contribution in [0.5, 0.6) is 0 Å². The highest BCUT2D eigenvalue weighted by Gasteiger charge is 2.10. The Labute approximate surface area is 71.2 Å². The summed E-state index contributed by atoms with van der Waals surface area (Å²) in [7, 11) is 0. The molecule has 1 aromatic heterocycles. The Morgan fingerprint density at radius 1 is 1.92 bits per heavy atom. The summed E-state index contributed by atoms with van der Waals surface area (Å²) in [5.41, 5.74) is 2.15. The zero-order valence-corrected chi connectivity index (χ0v) is 6.13. The number of anilines is 1. The van der Waals surface area contributed by atoms with E-state index in [-0.39, 0.29) is 5.95 Å². The van der Waals surface area contributed by atoms with E-state index in [2.05, 4.69) is 25.7 Å². The third-order valence-corrected chi connectivity index (χ3v) is 0.956. The minimum atomic E-state index is -0.913. The Morgan fingerprint density at radius 3 is 3.15 bits per heavy atom. The van der Waals surface area contributed by atoms with Gasteiger partial charge in [0.1, 0.15) is 6.33 Å². The summed E-state index contributed by atoms with van der Waals surface area (Å²) >= 11 is 0. The zero-order valence-electron chi connectivity index (χ0n) is 6.13. The normalized spacial score (nSPS) is 10.5. The topological polar surface area (TPSA) is 133 Å². The summed E-state index contributed by atoms with van der Waals surface area (Å²) in [6.07, 6.45) is 1.19. The van der Waals surface area contributed by atoms with E-state index < -0.39 is 10.8 Å². The van der Waals surface area contributed by atoms with Gasteiger partial charge in [0.2, 0.25) is 0 Å². The van der Waals surface area contributed by atoms with Crippen molar-refractivity contribution in [3.05, 3.63) is 16.4 Å². The molecule has 0 atom stereocenters. The van der Waals surface area contributed by atoms with Crippen LogP contribution >= 0.6 is 0 Å². The van der Waals surface area contributed by atoms with Crippen molar-refractivity contribution < 1.29 is 4.92 Å². The number of nitriles is 1. The van der Waals surface area contributed by atoms with Gasteiger partial charge in [-0.05, 0) is 4.92 Å². The van der Waals surface area contributed by atoms with Crippen molar-refractivity contribution in [2.45, 2.75) is 0 Å². The minimum Gasteiger partial charge on any atom is -0.357 e. The molecule has 0 radical (unpaired) electrons. The fourth-order valence-electron chi connectivity index (χ4n) is 0.472. The van der Waals surface area contributed by atoms with Crippen molar-refractivity contribution in [2.75, 3.05) is 5.43 Å². The van der Waals surface area contributed by atoms with E-state index >= 15 is 0 Å². The van der Waals surface area contributed by atoms with Crippen LogP contribution < -0.4 is 5.43 Å². The Balaban J connectivity index is 2.67. The fraction of sp³-hybridized carbons (Fsp3) is 0. The van der Waals surface area contributed by atoms with E-state index in [0.29, 0.717) is 0 Å². The highest BCUT2D eigenvalue weighted by Crippen LogP contribution is 1.91. The molecule has 0 amide bonds. The number of hydrogen-bond acceptors (Lipinski definition) is 7. The first-order chi connectivity index (χ1) is 6.24. The van der Waals surface area contributed by atoms with Crippen molar-refractivity contribution in [3.8, 4) is 6.07 Å². The highest BCUT2D eigenvalue weighted by atomic mass is 16.6. The number of nitrogens with one attached hydrogen (secondary N) is 2. The average Bonchev–Trinajstić information content (AvgIpc) is 2.57. The number of hydrazone groups is 1. The number of nitrogens with zero attached hydrogens (tertiary/aromatic N) is 5. The Bertz CT molecular complexity index is 360. The van der Waals surface area contributed by atoms with Gasteiger partial charge in [0.15, 0.2) is 6.07 Å². The molecule has 0 saturated heterocycles. The zero-order chi connectivity index (χ0) is 9.68. The van der Waals surface area contributed by atoms with Crippen LogP contribution in [0.3, 0.4) is 0 Å². The largest absolute Gasteiger partial charge is 0.466 e. The number of rotatable bonds is 2. The summed E-state index contributed by atoms with van der Waals surface area (Å²) in [5, 5.41) is 27.2. The second kappa shape index (κ2) is 3.77. The fourth-order valence-corrected chi connectivity index (χ4v) is 0.472. The van der Waals surface area contributed by atoms with Crippen molar-refractivity contribution in [1.29, 1.82) is 5.26 Å². The van der Waals surface area contributed by atoms with Crippen LogP contribution in [-0.2, 0) is 0 Å². The summed E-state index contributed by atoms with van der Waals surface area (Å²) in [6, 6.07) is 1.29. The van der Waals surface area contributed by atoms with Crippen LogP contribution in [0.4, 0.5) is 5.95 Å². The molecule has 0 aliphatic carbocycles. The van der Waals surface area contributed by atoms with Crippen molar-refractivity contribution in [3.63, 3.8) is 0 Å². The SMILES string of the molecule is N#C/C(=N\Nc1ncn[nH]1)[N+](=O)[O-]. The van der Waals surface area contributed by atoms with E-state index in [1.54, 1.807) is 0 Å². The average molecular weight is 181 g/mol. The number of hydrogen-bond donors (Lipinski definition) is 2. The number of nitro groups is 1. The number of aromatic amines is 1. The number of amidine groups is 1. The quantitative estimate of drug-likeness (QED) is 0.269. The molecular formula is C4H3N7O2. The predicted molar refractivity (Wildman–Crippen MR) is 40.0 cm³/mol. The van der Waals surface area contributed by atoms with E-state index in [4.69, 9.17) is 5.26 Å². The lowest BCUT2D eigenvalue weighted by Gasteiger charge is -1.87. The monoisotopic (exact) mass is 181 g/mol. The van der Waals surface area contributed by atoms with Gasteiger partial charge >= 0.3 is 5.84 Å². The summed E-state index contributed by atoms with van der Waals surface area (Å²) in [6.45, 7) is 0. The first-order valence-electron chi connectivity index (χ1n) is 2.97. The molecule has 13 heavy (non-hydrogen) atoms. The smallest absolute Gasteiger partial charge is 0.357 e. The van der Waals surface area contributed by atoms with Gasteiger partial charge in [-0.1, -0.05) is 0 Å². The lowest BCUT2D eigenvalue weighted by Crippen LogP contribution is -2.11. The first-order valence-corrected chi connectivity index (χ1v) is 2.97. The molecule has 2 N–H and O–H groups in total. The van der Waals surface area contributed by atoms with Gasteiger partial charge in [-0.25, -0.2) is 5.10 Å². The highest BCUT2D eigenvalue weighted by molar-refractivity contribution is 5.89. The lowest BCUT2D eigenvalue weighted by atomic mass is 10.7. The maximum absolute atomic E-state index is 10.1. The van der Waals surface area contributed by atoms with Crippen LogP contribution in [0.1, 0.15) is 0 Å². The standard InChI is InChI=1S/C4H3N7O2/c5-1-3(11(12)13)8-10-4-6-2-7-9-4/h2H,(H2,6,7,9,10)/b8-3+. The van der Waals surface area contributed by atoms with Crippen LogP contribution in [0.25, 0.3) is 0 Å². The second-order valence-corrected chi connectivity index (χ2v) is 1.75. The molecule has 0 aliphatic heterocycles. The summed E-state index contributed by atoms with van der Waals surface area (Å²) < 4.78 is 0. The third-order valence-electron chi connectivity index (χ3n) is 0.956. The van der Waals surface area contributed by atoms with Gasteiger partial charge in [0, 0.05) is 0 Å². The van der Waals surface area contributed by atoms with Gasteiger partial charge in [-0.15, -0.1) is 5.43 Å². The van der Waals surface area contributed by atoms with E-state index in [1.165, 1.54) is 12.4 Å². The molecule has 0 saturated carbocycles. The number of aromatic nitrogens is 3. The Hall–Kier alpha value is -2.50. The molecule has 0 fully saturated rings. The molecule has 1 heterocycles. The van der Waals surface area contributed by atoms with E-state index in [9.17, 15) is 10.1 Å². The van der Waals surface area contributed by atoms with Gasteiger partial charge < -0.3 is 10.1 Å². The number of H-pyrrole nitrogens is 1. The predicted octanol–water partition coefficient (Wildman–Crippen LogP) is -0.670. The molecule has 0 unspecified atom stereocenters. The van der Waals surface area contributed by atoms with Gasteiger partial charge in [-0.2, -0.15) is 15.3 Å². The van der Waals surface area contributed by atoms with Crippen LogP contribution in [0, 0.1) is 21.4 Å². The van der Waals surface area contributed by atoms with Crippen LogP contribution in [0.2, 0.25) is 0 Å². The van der Waals surface area contributed by atoms with Crippen molar-refractivity contribution in [2.24, 2.45) is 5.10 Å². The molecule has 9 heteroatoms. The molecular weight excluding hydrogens is 178 g/mol. The Morgan fingerprint density at radius 2 is 2.69 bits per heavy atom. The van der Waals surface area contributed by atoms with Crippen LogP contribution in [-0.4, -0.2) is 25.9 Å². The van der Waals surface area contributed by atoms with Crippen LogP contribution in [0.15, 0.2) is 11.4 Å². The molecule has 1 rings (SSSR count). The summed E-state index contributed by atoms with van der Waals surface area (Å²) in [4.78, 5) is 12.7. The van der Waals surface area contributed by atoms with Gasteiger partial charge in [-0.3, -0.25) is 0 Å². The Kier molecular flexibility index (Phi) is 2.49. The molecule has 0 aromatic carbocycles. The van der Waals surface area contributed by atoms with Gasteiger partial charge in [0.05, 0.1) is 5.10 Å². The summed E-state index contributed by atoms with van der Waals surface area (Å²) in [5.74, 6) is -0.731. The molecule has 0 aliphatic rings. The van der Waals surface area contributed by atoms with E-state index in [1.807, 2.05) is 0 Å². The lowest BCUT2D eigenvalue weighted by molar-refractivity contribution is -0.347. The maximum atomic E-state index is 10.1. The van der Waals surface area contributed by atoms with Crippen molar-refractivity contribution >= 4 is 11.8 Å². The second-order valence-electron chi connectivity index (χ2n) is 1.75. The molecule has 0 bridgehead atoms. The first kappa shape index (κ1) is 8.60. The van der Waals surface area contributed by atoms with Gasteiger partial charge in [0.25, 0.3) is 5.95 Å². The molecule has 1 aromatic rings. The minimum absolute atomic E-state index is 0.120. The molecule has 0 spiro atoms. The van der Waals surface area contributed by atoms with E-state index in [0.717, 1.165) is 0 Å². The molecule has 9 nitrogen and oxygen atoms in total. The van der Waals surface area contributed by atoms with Crippen molar-refractivity contribution in [1.82, 2.24) is 15.2 Å².